The Balaban J connectivity index is 2.03. The average molecular weight is 248 g/mol. The van der Waals surface area contributed by atoms with Gasteiger partial charge in [0.25, 0.3) is 0 Å². The maximum Gasteiger partial charge on any atom is 0.234 e. The van der Waals surface area contributed by atoms with E-state index < -0.39 is 0 Å². The summed E-state index contributed by atoms with van der Waals surface area (Å²) >= 11 is 0. The Labute approximate surface area is 105 Å². The molecular weight excluding hydrogens is 232 g/mol. The SMILES string of the molecule is NC(=O)C1CCCN1CC(=O)c1ccc(O)cc1. The number of hydrogen-bond donors (Lipinski definition) is 2. The second-order valence-corrected chi connectivity index (χ2v) is 4.50. The molecule has 5 heteroatoms. The van der Waals surface area contributed by atoms with E-state index in [1.807, 2.05) is 4.90 Å². The number of ketones is 1. The van der Waals surface area contributed by atoms with Crippen LogP contribution < -0.4 is 5.73 Å². The fraction of sp³-hybridized carbons (Fsp3) is 0.385. The first-order valence-electron chi connectivity index (χ1n) is 5.93. The Morgan fingerprint density at radius 3 is 2.61 bits per heavy atom. The Morgan fingerprint density at radius 2 is 2.00 bits per heavy atom. The fourth-order valence-electron chi connectivity index (χ4n) is 2.26. The molecule has 0 radical (unpaired) electrons. The standard InChI is InChI=1S/C13H16N2O3/c14-13(18)11-2-1-7-15(11)8-12(17)9-3-5-10(16)6-4-9/h3-6,11,16H,1-2,7-8H2,(H2,14,18). The van der Waals surface area contributed by atoms with Crippen molar-refractivity contribution < 1.29 is 14.7 Å². The van der Waals surface area contributed by atoms with E-state index in [-0.39, 0.29) is 30.0 Å². The Morgan fingerprint density at radius 1 is 1.33 bits per heavy atom. The summed E-state index contributed by atoms with van der Waals surface area (Å²) in [6.45, 7) is 0.913. The number of likely N-dealkylation sites (tertiary alicyclic amines) is 1. The molecule has 1 aromatic carbocycles. The van der Waals surface area contributed by atoms with Gasteiger partial charge in [-0.05, 0) is 43.7 Å². The van der Waals surface area contributed by atoms with Gasteiger partial charge in [0.15, 0.2) is 5.78 Å². The number of aromatic hydroxyl groups is 1. The number of carbonyl (C=O) groups excluding carboxylic acids is 2. The van der Waals surface area contributed by atoms with Gasteiger partial charge in [-0.25, -0.2) is 0 Å². The molecule has 3 N–H and O–H groups in total. The van der Waals surface area contributed by atoms with Crippen LogP contribution in [0.1, 0.15) is 23.2 Å². The van der Waals surface area contributed by atoms with Gasteiger partial charge in [-0.3, -0.25) is 14.5 Å². The van der Waals surface area contributed by atoms with E-state index in [9.17, 15) is 9.59 Å². The van der Waals surface area contributed by atoms with Crippen LogP contribution in [-0.4, -0.2) is 40.8 Å². The lowest BCUT2D eigenvalue weighted by Gasteiger charge is -2.20. The van der Waals surface area contributed by atoms with Gasteiger partial charge in [-0.1, -0.05) is 0 Å². The molecule has 0 saturated carbocycles. The van der Waals surface area contributed by atoms with Crippen molar-refractivity contribution in [3.05, 3.63) is 29.8 Å². The van der Waals surface area contributed by atoms with Crippen LogP contribution in [0.15, 0.2) is 24.3 Å². The van der Waals surface area contributed by atoms with Gasteiger partial charge in [0.1, 0.15) is 5.75 Å². The molecule has 1 aromatic rings. The van der Waals surface area contributed by atoms with Gasteiger partial charge >= 0.3 is 0 Å². The molecule has 18 heavy (non-hydrogen) atoms. The first-order valence-corrected chi connectivity index (χ1v) is 5.93. The molecule has 1 amide bonds. The zero-order chi connectivity index (χ0) is 13.1. The number of primary amides is 1. The third-order valence-corrected chi connectivity index (χ3v) is 3.23. The number of amides is 1. The largest absolute Gasteiger partial charge is 0.508 e. The molecule has 2 rings (SSSR count). The predicted octanol–water partition coefficient (Wildman–Crippen LogP) is 0.525. The van der Waals surface area contributed by atoms with E-state index in [1.54, 1.807) is 12.1 Å². The topological polar surface area (TPSA) is 83.6 Å². The van der Waals surface area contributed by atoms with Crippen LogP contribution >= 0.6 is 0 Å². The zero-order valence-electron chi connectivity index (χ0n) is 10.0. The van der Waals surface area contributed by atoms with Gasteiger partial charge in [0, 0.05) is 5.56 Å². The third-order valence-electron chi connectivity index (χ3n) is 3.23. The van der Waals surface area contributed by atoms with E-state index in [1.165, 1.54) is 12.1 Å². The number of rotatable bonds is 4. The number of nitrogens with two attached hydrogens (primary N) is 1. The van der Waals surface area contributed by atoms with Crippen molar-refractivity contribution in [2.45, 2.75) is 18.9 Å². The summed E-state index contributed by atoms with van der Waals surface area (Å²) in [5.74, 6) is -0.308. The second-order valence-electron chi connectivity index (χ2n) is 4.50. The van der Waals surface area contributed by atoms with E-state index >= 15 is 0 Å². The van der Waals surface area contributed by atoms with Gasteiger partial charge in [0.05, 0.1) is 12.6 Å². The van der Waals surface area contributed by atoms with Crippen molar-refractivity contribution in [2.75, 3.05) is 13.1 Å². The number of Topliss-reactive ketones (excluding diaryl/α,β-unsaturated/α-hetero) is 1. The summed E-state index contributed by atoms with van der Waals surface area (Å²) in [5.41, 5.74) is 5.83. The van der Waals surface area contributed by atoms with Gasteiger partial charge in [-0.2, -0.15) is 0 Å². The number of phenols is 1. The predicted molar refractivity (Wildman–Crippen MR) is 66.2 cm³/mol. The third kappa shape index (κ3) is 2.68. The second kappa shape index (κ2) is 5.18. The highest BCUT2D eigenvalue weighted by Crippen LogP contribution is 2.18. The van der Waals surface area contributed by atoms with Crippen molar-refractivity contribution in [3.8, 4) is 5.75 Å². The number of carbonyl (C=O) groups is 2. The lowest BCUT2D eigenvalue weighted by atomic mass is 10.1. The highest BCUT2D eigenvalue weighted by molar-refractivity contribution is 5.98. The van der Waals surface area contributed by atoms with Crippen LogP contribution in [0.3, 0.4) is 0 Å². The summed E-state index contributed by atoms with van der Waals surface area (Å²) in [6, 6.07) is 5.78. The smallest absolute Gasteiger partial charge is 0.234 e. The molecule has 96 valence electrons. The Hall–Kier alpha value is -1.88. The summed E-state index contributed by atoms with van der Waals surface area (Å²) in [7, 11) is 0. The zero-order valence-corrected chi connectivity index (χ0v) is 10.0. The van der Waals surface area contributed by atoms with Crippen molar-refractivity contribution >= 4 is 11.7 Å². The normalized spacial score (nSPS) is 19.9. The van der Waals surface area contributed by atoms with E-state index in [2.05, 4.69) is 0 Å². The molecule has 1 saturated heterocycles. The maximum absolute atomic E-state index is 12.0. The van der Waals surface area contributed by atoms with Crippen molar-refractivity contribution in [3.63, 3.8) is 0 Å². The molecule has 1 atom stereocenters. The summed E-state index contributed by atoms with van der Waals surface area (Å²) in [6.07, 6.45) is 1.61. The molecule has 1 unspecified atom stereocenters. The molecule has 5 nitrogen and oxygen atoms in total. The highest BCUT2D eigenvalue weighted by atomic mass is 16.3. The number of hydrogen-bond acceptors (Lipinski definition) is 4. The lowest BCUT2D eigenvalue weighted by Crippen LogP contribution is -2.42. The molecule has 1 fully saturated rings. The van der Waals surface area contributed by atoms with Crippen LogP contribution in [-0.2, 0) is 4.79 Å². The Kier molecular flexibility index (Phi) is 3.62. The molecule has 0 spiro atoms. The summed E-state index contributed by atoms with van der Waals surface area (Å²) < 4.78 is 0. The first kappa shape index (κ1) is 12.6. The molecular formula is C13H16N2O3. The molecule has 0 aliphatic carbocycles. The molecule has 1 aliphatic heterocycles. The first-order chi connectivity index (χ1) is 8.58. The van der Waals surface area contributed by atoms with E-state index in [4.69, 9.17) is 10.8 Å². The minimum atomic E-state index is -0.369. The van der Waals surface area contributed by atoms with Crippen molar-refractivity contribution in [1.82, 2.24) is 4.90 Å². The fourth-order valence-corrected chi connectivity index (χ4v) is 2.26. The van der Waals surface area contributed by atoms with Crippen LogP contribution in [0.25, 0.3) is 0 Å². The number of phenolic OH excluding ortho intramolecular Hbond substituents is 1. The van der Waals surface area contributed by atoms with Gasteiger partial charge in [0.2, 0.25) is 5.91 Å². The summed E-state index contributed by atoms with van der Waals surface area (Å²) in [5, 5.41) is 9.15. The minimum Gasteiger partial charge on any atom is -0.508 e. The number of nitrogens with zero attached hydrogens (tertiary/aromatic N) is 1. The quantitative estimate of drug-likeness (QED) is 0.761. The van der Waals surface area contributed by atoms with Crippen LogP contribution in [0.5, 0.6) is 5.75 Å². The highest BCUT2D eigenvalue weighted by Gasteiger charge is 2.30. The van der Waals surface area contributed by atoms with Crippen LogP contribution in [0, 0.1) is 0 Å². The van der Waals surface area contributed by atoms with Gasteiger partial charge in [-0.15, -0.1) is 0 Å². The van der Waals surface area contributed by atoms with Gasteiger partial charge < -0.3 is 10.8 Å². The average Bonchev–Trinajstić information content (AvgIpc) is 2.78. The molecule has 0 bridgehead atoms. The monoisotopic (exact) mass is 248 g/mol. The molecule has 1 aliphatic rings. The lowest BCUT2D eigenvalue weighted by molar-refractivity contribution is -0.122. The summed E-state index contributed by atoms with van der Waals surface area (Å²) in [4.78, 5) is 25.0. The van der Waals surface area contributed by atoms with E-state index in [0.717, 1.165) is 19.4 Å². The van der Waals surface area contributed by atoms with E-state index in [0.29, 0.717) is 5.56 Å². The molecule has 0 aromatic heterocycles. The maximum atomic E-state index is 12.0. The van der Waals surface area contributed by atoms with Crippen molar-refractivity contribution in [2.24, 2.45) is 5.73 Å². The van der Waals surface area contributed by atoms with Crippen molar-refractivity contribution in [1.29, 1.82) is 0 Å². The molecule has 1 heterocycles. The minimum absolute atomic E-state index is 0.0665. The number of benzene rings is 1. The Bertz CT molecular complexity index is 456. The van der Waals surface area contributed by atoms with Crippen LogP contribution in [0.4, 0.5) is 0 Å². The van der Waals surface area contributed by atoms with Crippen LogP contribution in [0.2, 0.25) is 0 Å².